The number of rotatable bonds is 4. The van der Waals surface area contributed by atoms with Crippen molar-refractivity contribution >= 4 is 5.69 Å². The van der Waals surface area contributed by atoms with Crippen LogP contribution in [-0.4, -0.2) is 55.1 Å². The third kappa shape index (κ3) is 2.76. The second kappa shape index (κ2) is 6.68. The average Bonchev–Trinajstić information content (AvgIpc) is 2.94. The van der Waals surface area contributed by atoms with E-state index in [-0.39, 0.29) is 0 Å². The molecule has 1 aromatic rings. The molecule has 2 fully saturated rings. The monoisotopic (exact) mass is 327 g/mol. The summed E-state index contributed by atoms with van der Waals surface area (Å²) in [6.45, 7) is 14.2. The van der Waals surface area contributed by atoms with E-state index in [1.807, 2.05) is 0 Å². The Bertz CT molecular complexity index is 576. The lowest BCUT2D eigenvalue weighted by Gasteiger charge is -2.39. The van der Waals surface area contributed by atoms with Crippen LogP contribution in [0.3, 0.4) is 0 Å². The highest BCUT2D eigenvalue weighted by Gasteiger charge is 2.38. The van der Waals surface area contributed by atoms with Crippen molar-refractivity contribution < 1.29 is 0 Å². The quantitative estimate of drug-likeness (QED) is 0.831. The molecule has 2 heterocycles. The molecule has 3 atom stereocenters. The van der Waals surface area contributed by atoms with Crippen LogP contribution in [0.5, 0.6) is 0 Å². The molecule has 3 nitrogen and oxygen atoms in total. The molecule has 24 heavy (non-hydrogen) atoms. The van der Waals surface area contributed by atoms with Gasteiger partial charge < -0.3 is 4.90 Å². The van der Waals surface area contributed by atoms with E-state index in [2.05, 4.69) is 53.7 Å². The van der Waals surface area contributed by atoms with Crippen molar-refractivity contribution in [3.63, 3.8) is 0 Å². The molecule has 1 aliphatic carbocycles. The van der Waals surface area contributed by atoms with Crippen LogP contribution in [0, 0.1) is 0 Å². The lowest BCUT2D eigenvalue weighted by Crippen LogP contribution is -2.49. The van der Waals surface area contributed by atoms with Crippen molar-refractivity contribution in [2.75, 3.05) is 44.2 Å². The fourth-order valence-corrected chi connectivity index (χ4v) is 5.10. The standard InChI is InChI=1S/C21H33N3/c1-4-16(3)23-10-12-24(13-11-23)18-6-7-19-17-8-9-22(5-2)21(14-17)20(19)15-18/h6-7,15-17,21H,4-5,8-14H2,1-3H3. The zero-order valence-electron chi connectivity index (χ0n) is 15.7. The predicted octanol–water partition coefficient (Wildman–Crippen LogP) is 3.86. The maximum Gasteiger partial charge on any atom is 0.0370 e. The molecule has 4 rings (SSSR count). The molecule has 0 amide bonds. The number of hydrogen-bond acceptors (Lipinski definition) is 3. The highest BCUT2D eigenvalue weighted by Crippen LogP contribution is 2.49. The first-order valence-corrected chi connectivity index (χ1v) is 10.1. The van der Waals surface area contributed by atoms with Crippen molar-refractivity contribution in [2.24, 2.45) is 0 Å². The lowest BCUT2D eigenvalue weighted by atomic mass is 9.95. The number of fused-ring (bicyclic) bond motifs is 5. The van der Waals surface area contributed by atoms with E-state index in [1.165, 1.54) is 64.2 Å². The van der Waals surface area contributed by atoms with Crippen molar-refractivity contribution in [1.29, 1.82) is 0 Å². The molecule has 132 valence electrons. The van der Waals surface area contributed by atoms with Crippen LogP contribution in [0.2, 0.25) is 0 Å². The number of anilines is 1. The van der Waals surface area contributed by atoms with Gasteiger partial charge in [-0.2, -0.15) is 0 Å². The van der Waals surface area contributed by atoms with Crippen molar-refractivity contribution in [2.45, 2.75) is 58.0 Å². The third-order valence-corrected chi connectivity index (χ3v) is 6.88. The van der Waals surface area contributed by atoms with Crippen molar-refractivity contribution in [3.05, 3.63) is 29.3 Å². The Morgan fingerprint density at radius 1 is 1.04 bits per heavy atom. The van der Waals surface area contributed by atoms with Gasteiger partial charge in [0.05, 0.1) is 0 Å². The van der Waals surface area contributed by atoms with Gasteiger partial charge in [-0.3, -0.25) is 9.80 Å². The molecule has 2 aliphatic heterocycles. The van der Waals surface area contributed by atoms with Crippen LogP contribution >= 0.6 is 0 Å². The fourth-order valence-electron chi connectivity index (χ4n) is 5.10. The summed E-state index contributed by atoms with van der Waals surface area (Å²) in [5.41, 5.74) is 4.75. The van der Waals surface area contributed by atoms with Gasteiger partial charge in [-0.25, -0.2) is 0 Å². The van der Waals surface area contributed by atoms with Crippen molar-refractivity contribution in [1.82, 2.24) is 9.80 Å². The smallest absolute Gasteiger partial charge is 0.0370 e. The number of nitrogens with zero attached hydrogens (tertiary/aromatic N) is 3. The molecule has 0 aromatic heterocycles. The first kappa shape index (κ1) is 16.4. The average molecular weight is 328 g/mol. The molecule has 3 aliphatic rings. The van der Waals surface area contributed by atoms with E-state index in [0.29, 0.717) is 6.04 Å². The van der Waals surface area contributed by atoms with Gasteiger partial charge in [0.15, 0.2) is 0 Å². The molecule has 0 spiro atoms. The van der Waals surface area contributed by atoms with E-state index in [9.17, 15) is 0 Å². The Labute approximate surface area is 147 Å². The van der Waals surface area contributed by atoms with E-state index in [0.717, 1.165) is 12.0 Å². The number of piperazine rings is 1. The summed E-state index contributed by atoms with van der Waals surface area (Å²) in [5.74, 6) is 0.823. The molecule has 3 unspecified atom stereocenters. The summed E-state index contributed by atoms with van der Waals surface area (Å²) < 4.78 is 0. The van der Waals surface area contributed by atoms with Crippen LogP contribution < -0.4 is 4.90 Å². The molecule has 0 radical (unpaired) electrons. The molecule has 2 bridgehead atoms. The molecule has 1 aromatic carbocycles. The summed E-state index contributed by atoms with van der Waals surface area (Å²) in [7, 11) is 0. The molecule has 2 saturated heterocycles. The SMILES string of the molecule is CCC(C)N1CCN(c2ccc3c(c2)C2CC3CCN2CC)CC1. The second-order valence-corrected chi connectivity index (χ2v) is 7.96. The zero-order valence-corrected chi connectivity index (χ0v) is 15.7. The van der Waals surface area contributed by atoms with Gasteiger partial charge >= 0.3 is 0 Å². The van der Waals surface area contributed by atoms with Crippen LogP contribution in [0.1, 0.15) is 63.1 Å². The largest absolute Gasteiger partial charge is 0.369 e. The highest BCUT2D eigenvalue weighted by atomic mass is 15.3. The van der Waals surface area contributed by atoms with Gasteiger partial charge in [-0.05, 0) is 68.5 Å². The van der Waals surface area contributed by atoms with Crippen molar-refractivity contribution in [3.8, 4) is 0 Å². The summed E-state index contributed by atoms with van der Waals surface area (Å²) in [5, 5.41) is 0. The molecule has 3 heteroatoms. The summed E-state index contributed by atoms with van der Waals surface area (Å²) in [4.78, 5) is 7.94. The fraction of sp³-hybridized carbons (Fsp3) is 0.714. The maximum atomic E-state index is 2.69. The van der Waals surface area contributed by atoms with Crippen LogP contribution in [0.25, 0.3) is 0 Å². The minimum Gasteiger partial charge on any atom is -0.369 e. The Morgan fingerprint density at radius 2 is 1.83 bits per heavy atom. The zero-order chi connectivity index (χ0) is 16.7. The van der Waals surface area contributed by atoms with E-state index < -0.39 is 0 Å². The molecular weight excluding hydrogens is 294 g/mol. The minimum absolute atomic E-state index is 0.685. The number of hydrogen-bond donors (Lipinski definition) is 0. The predicted molar refractivity (Wildman–Crippen MR) is 102 cm³/mol. The topological polar surface area (TPSA) is 9.72 Å². The minimum atomic E-state index is 0.685. The molecular formula is C21H33N3. The van der Waals surface area contributed by atoms with Gasteiger partial charge in [0.25, 0.3) is 0 Å². The maximum absolute atomic E-state index is 2.69. The number of likely N-dealkylation sites (tertiary alicyclic amines) is 1. The molecule has 0 N–H and O–H groups in total. The third-order valence-electron chi connectivity index (χ3n) is 6.88. The molecule has 0 saturated carbocycles. The summed E-state index contributed by atoms with van der Waals surface area (Å²) in [6.07, 6.45) is 3.97. The first-order chi connectivity index (χ1) is 11.7. The first-order valence-electron chi connectivity index (χ1n) is 10.1. The van der Waals surface area contributed by atoms with Crippen LogP contribution in [-0.2, 0) is 0 Å². The summed E-state index contributed by atoms with van der Waals surface area (Å²) in [6, 6.07) is 8.80. The summed E-state index contributed by atoms with van der Waals surface area (Å²) >= 11 is 0. The van der Waals surface area contributed by atoms with Crippen LogP contribution in [0.4, 0.5) is 5.69 Å². The lowest BCUT2D eigenvalue weighted by molar-refractivity contribution is 0.161. The van der Waals surface area contributed by atoms with Gasteiger partial charge in [-0.1, -0.05) is 19.9 Å². The van der Waals surface area contributed by atoms with Gasteiger partial charge in [0, 0.05) is 44.0 Å². The second-order valence-electron chi connectivity index (χ2n) is 7.96. The van der Waals surface area contributed by atoms with E-state index >= 15 is 0 Å². The van der Waals surface area contributed by atoms with Gasteiger partial charge in [0.1, 0.15) is 0 Å². The van der Waals surface area contributed by atoms with Gasteiger partial charge in [0.2, 0.25) is 0 Å². The highest BCUT2D eigenvalue weighted by molar-refractivity contribution is 5.55. The Morgan fingerprint density at radius 3 is 2.54 bits per heavy atom. The normalized spacial score (nSPS) is 28.9. The number of piperidine rings is 1. The van der Waals surface area contributed by atoms with Gasteiger partial charge in [-0.15, -0.1) is 0 Å². The number of benzene rings is 1. The Hall–Kier alpha value is -1.06. The van der Waals surface area contributed by atoms with E-state index in [4.69, 9.17) is 0 Å². The Balaban J connectivity index is 1.51. The Kier molecular flexibility index (Phi) is 4.57. The van der Waals surface area contributed by atoms with Crippen LogP contribution in [0.15, 0.2) is 18.2 Å². The van der Waals surface area contributed by atoms with E-state index in [1.54, 1.807) is 11.1 Å².